The van der Waals surface area contributed by atoms with Gasteiger partial charge >= 0.3 is 5.97 Å². The van der Waals surface area contributed by atoms with E-state index in [1.165, 1.54) is 0 Å². The molecule has 0 radical (unpaired) electrons. The fourth-order valence-electron chi connectivity index (χ4n) is 2.43. The Labute approximate surface area is 153 Å². The van der Waals surface area contributed by atoms with E-state index in [9.17, 15) is 4.79 Å². The number of carboxylic acids is 1. The zero-order valence-electron chi connectivity index (χ0n) is 13.5. The number of nitrogens with zero attached hydrogens (tertiary/aromatic N) is 5. The number of halogens is 2. The van der Waals surface area contributed by atoms with Gasteiger partial charge in [-0.25, -0.2) is 0 Å². The molecule has 2 heterocycles. The molecular formula is C16H15Cl2N5O2. The third-order valence-corrected chi connectivity index (χ3v) is 4.17. The van der Waals surface area contributed by atoms with Gasteiger partial charge in [-0.3, -0.25) is 4.79 Å². The van der Waals surface area contributed by atoms with Crippen LogP contribution < -0.4 is 4.90 Å². The van der Waals surface area contributed by atoms with E-state index in [1.54, 1.807) is 53.7 Å². The van der Waals surface area contributed by atoms with Crippen molar-refractivity contribution in [3.8, 4) is 11.4 Å². The summed E-state index contributed by atoms with van der Waals surface area (Å²) in [6.45, 7) is 1.98. The second-order valence-electron chi connectivity index (χ2n) is 5.76. The minimum absolute atomic E-state index is 0.328. The molecule has 7 nitrogen and oxygen atoms in total. The van der Waals surface area contributed by atoms with Gasteiger partial charge in [0, 0.05) is 29.2 Å². The molecule has 0 saturated heterocycles. The summed E-state index contributed by atoms with van der Waals surface area (Å²) in [5.41, 5.74) is 1.26. The standard InChI is InChI=1S/C16H15Cl2N5O2/c1-9(16(24)25)8-22(2)14-4-3-13-19-20-15(23(13)21-14)10-5-11(17)7-12(18)6-10/h3-7,9H,8H2,1-2H3,(H,24,25). The zero-order valence-corrected chi connectivity index (χ0v) is 15.0. The van der Waals surface area contributed by atoms with Crippen LogP contribution in [0.4, 0.5) is 5.82 Å². The van der Waals surface area contributed by atoms with Crippen molar-refractivity contribution >= 4 is 40.6 Å². The molecule has 0 aliphatic rings. The van der Waals surface area contributed by atoms with Crippen LogP contribution in [0.5, 0.6) is 0 Å². The summed E-state index contributed by atoms with van der Waals surface area (Å²) in [4.78, 5) is 12.8. The van der Waals surface area contributed by atoms with E-state index in [0.29, 0.717) is 39.4 Å². The van der Waals surface area contributed by atoms with Gasteiger partial charge in [0.05, 0.1) is 5.92 Å². The molecule has 0 aliphatic heterocycles. The summed E-state index contributed by atoms with van der Waals surface area (Å²) in [6.07, 6.45) is 0. The predicted octanol–water partition coefficient (Wildman–Crippen LogP) is 3.26. The van der Waals surface area contributed by atoms with E-state index in [4.69, 9.17) is 28.3 Å². The molecule has 2 aromatic heterocycles. The molecule has 1 N–H and O–H groups in total. The molecule has 0 bridgehead atoms. The molecule has 1 atom stereocenters. The summed E-state index contributed by atoms with van der Waals surface area (Å²) >= 11 is 12.1. The van der Waals surface area contributed by atoms with Crippen molar-refractivity contribution in [2.45, 2.75) is 6.92 Å². The van der Waals surface area contributed by atoms with Gasteiger partial charge in [0.25, 0.3) is 0 Å². The van der Waals surface area contributed by atoms with Crippen LogP contribution >= 0.6 is 23.2 Å². The number of hydrogen-bond donors (Lipinski definition) is 1. The molecule has 0 aliphatic carbocycles. The van der Waals surface area contributed by atoms with Crippen molar-refractivity contribution in [3.63, 3.8) is 0 Å². The fraction of sp³-hybridized carbons (Fsp3) is 0.250. The van der Waals surface area contributed by atoms with Crippen LogP contribution in [-0.4, -0.2) is 44.5 Å². The van der Waals surface area contributed by atoms with Crippen molar-refractivity contribution in [1.29, 1.82) is 0 Å². The number of carboxylic acid groups (broad SMARTS) is 1. The van der Waals surface area contributed by atoms with Gasteiger partial charge in [0.2, 0.25) is 0 Å². The lowest BCUT2D eigenvalue weighted by molar-refractivity contribution is -0.140. The lowest BCUT2D eigenvalue weighted by Crippen LogP contribution is -2.29. The highest BCUT2D eigenvalue weighted by molar-refractivity contribution is 6.35. The maximum absolute atomic E-state index is 11.0. The molecule has 3 rings (SSSR count). The quantitative estimate of drug-likeness (QED) is 0.732. The Morgan fingerprint density at radius 1 is 1.24 bits per heavy atom. The molecule has 1 aromatic carbocycles. The summed E-state index contributed by atoms with van der Waals surface area (Å²) in [5.74, 6) is -0.267. The van der Waals surface area contributed by atoms with E-state index in [0.717, 1.165) is 0 Å². The SMILES string of the molecule is CC(CN(C)c1ccc2nnc(-c3cc(Cl)cc(Cl)c3)n2n1)C(=O)O. The predicted molar refractivity (Wildman–Crippen MR) is 96.3 cm³/mol. The van der Waals surface area contributed by atoms with Crippen LogP contribution in [0.3, 0.4) is 0 Å². The molecule has 1 unspecified atom stereocenters. The van der Waals surface area contributed by atoms with Crippen LogP contribution in [0.15, 0.2) is 30.3 Å². The van der Waals surface area contributed by atoms with E-state index >= 15 is 0 Å². The van der Waals surface area contributed by atoms with E-state index < -0.39 is 11.9 Å². The highest BCUT2D eigenvalue weighted by Crippen LogP contribution is 2.26. The largest absolute Gasteiger partial charge is 0.481 e. The molecule has 3 aromatic rings. The number of anilines is 1. The molecule has 0 fully saturated rings. The lowest BCUT2D eigenvalue weighted by atomic mass is 10.2. The number of carbonyl (C=O) groups is 1. The summed E-state index contributed by atoms with van der Waals surface area (Å²) in [6, 6.07) is 8.64. The van der Waals surface area contributed by atoms with Crippen molar-refractivity contribution in [3.05, 3.63) is 40.4 Å². The normalized spacial score (nSPS) is 12.3. The van der Waals surface area contributed by atoms with Gasteiger partial charge in [-0.1, -0.05) is 30.1 Å². The first-order valence-corrected chi connectivity index (χ1v) is 8.23. The maximum atomic E-state index is 11.0. The summed E-state index contributed by atoms with van der Waals surface area (Å²) in [5, 5.41) is 22.8. The highest BCUT2D eigenvalue weighted by atomic mass is 35.5. The summed E-state index contributed by atoms with van der Waals surface area (Å²) < 4.78 is 1.58. The molecule has 0 saturated carbocycles. The zero-order chi connectivity index (χ0) is 18.1. The first-order chi connectivity index (χ1) is 11.8. The molecule has 130 valence electrons. The van der Waals surface area contributed by atoms with E-state index in [1.807, 2.05) is 0 Å². The van der Waals surface area contributed by atoms with Gasteiger partial charge in [-0.15, -0.1) is 15.3 Å². The third-order valence-electron chi connectivity index (χ3n) is 3.73. The van der Waals surface area contributed by atoms with Crippen molar-refractivity contribution in [1.82, 2.24) is 19.8 Å². The minimum atomic E-state index is -0.855. The third kappa shape index (κ3) is 3.67. The Morgan fingerprint density at radius 2 is 1.92 bits per heavy atom. The topological polar surface area (TPSA) is 83.6 Å². The average molecular weight is 380 g/mol. The maximum Gasteiger partial charge on any atom is 0.308 e. The number of rotatable bonds is 5. The number of aromatic nitrogens is 4. The first kappa shape index (κ1) is 17.4. The molecule has 25 heavy (non-hydrogen) atoms. The van der Waals surface area contributed by atoms with E-state index in [-0.39, 0.29) is 0 Å². The minimum Gasteiger partial charge on any atom is -0.481 e. The second kappa shape index (κ2) is 6.85. The van der Waals surface area contributed by atoms with Crippen LogP contribution in [-0.2, 0) is 4.79 Å². The number of benzene rings is 1. The Morgan fingerprint density at radius 3 is 2.56 bits per heavy atom. The Hall–Kier alpha value is -2.38. The summed E-state index contributed by atoms with van der Waals surface area (Å²) in [7, 11) is 1.79. The Bertz CT molecular complexity index is 923. The van der Waals surface area contributed by atoms with Crippen LogP contribution in [0, 0.1) is 5.92 Å². The molecule has 9 heteroatoms. The lowest BCUT2D eigenvalue weighted by Gasteiger charge is -2.20. The monoisotopic (exact) mass is 379 g/mol. The Balaban J connectivity index is 2.01. The van der Waals surface area contributed by atoms with Gasteiger partial charge in [-0.05, 0) is 30.3 Å². The van der Waals surface area contributed by atoms with Crippen molar-refractivity contribution < 1.29 is 9.90 Å². The van der Waals surface area contributed by atoms with Crippen molar-refractivity contribution in [2.24, 2.45) is 5.92 Å². The number of hydrogen-bond acceptors (Lipinski definition) is 5. The van der Waals surface area contributed by atoms with Crippen LogP contribution in [0.2, 0.25) is 10.0 Å². The number of fused-ring (bicyclic) bond motifs is 1. The fourth-order valence-corrected chi connectivity index (χ4v) is 2.95. The van der Waals surface area contributed by atoms with Crippen LogP contribution in [0.25, 0.3) is 17.0 Å². The second-order valence-corrected chi connectivity index (χ2v) is 6.64. The smallest absolute Gasteiger partial charge is 0.308 e. The van der Waals surface area contributed by atoms with Gasteiger partial charge in [0.15, 0.2) is 11.5 Å². The van der Waals surface area contributed by atoms with E-state index in [2.05, 4.69) is 15.3 Å². The average Bonchev–Trinajstić information content (AvgIpc) is 2.96. The highest BCUT2D eigenvalue weighted by Gasteiger charge is 2.17. The number of aliphatic carboxylic acids is 1. The first-order valence-electron chi connectivity index (χ1n) is 7.48. The van der Waals surface area contributed by atoms with Gasteiger partial charge < -0.3 is 10.0 Å². The van der Waals surface area contributed by atoms with Gasteiger partial charge in [0.1, 0.15) is 5.82 Å². The van der Waals surface area contributed by atoms with Crippen molar-refractivity contribution in [2.75, 3.05) is 18.5 Å². The Kier molecular flexibility index (Phi) is 4.78. The molecule has 0 spiro atoms. The van der Waals surface area contributed by atoms with Crippen LogP contribution in [0.1, 0.15) is 6.92 Å². The van der Waals surface area contributed by atoms with Gasteiger partial charge in [-0.2, -0.15) is 4.52 Å². The molecule has 0 amide bonds. The molecular weight excluding hydrogens is 365 g/mol.